The Balaban J connectivity index is 0.750. The van der Waals surface area contributed by atoms with Gasteiger partial charge in [0.05, 0.1) is 0 Å². The molecule has 14 aromatic rings. The van der Waals surface area contributed by atoms with Gasteiger partial charge in [-0.05, 0) is 183 Å². The van der Waals surface area contributed by atoms with Gasteiger partial charge in [-0.15, -0.1) is 0 Å². The molecule has 0 aliphatic heterocycles. The maximum atomic E-state index is 2.37. The second-order valence-electron chi connectivity index (χ2n) is 19.2. The zero-order valence-electron chi connectivity index (χ0n) is 40.6. The maximum Gasteiger partial charge on any atom is 0.0462 e. The predicted octanol–water partition coefficient (Wildman–Crippen LogP) is 20.5. The van der Waals surface area contributed by atoms with E-state index in [9.17, 15) is 0 Å². The first-order valence-electron chi connectivity index (χ1n) is 25.5. The molecular weight excluding hydrogens is 893 g/mol. The van der Waals surface area contributed by atoms with Crippen LogP contribution in [0.15, 0.2) is 291 Å². The van der Waals surface area contributed by atoms with Crippen LogP contribution in [0.4, 0.5) is 34.1 Å². The lowest BCUT2D eigenvalue weighted by Crippen LogP contribution is -2.10. The van der Waals surface area contributed by atoms with Gasteiger partial charge < -0.3 is 9.80 Å². The second-order valence-corrected chi connectivity index (χ2v) is 19.2. The lowest BCUT2D eigenvalue weighted by Gasteiger charge is -2.26. The summed E-state index contributed by atoms with van der Waals surface area (Å²) < 4.78 is 0. The van der Waals surface area contributed by atoms with Crippen LogP contribution in [0.1, 0.15) is 0 Å². The van der Waals surface area contributed by atoms with Gasteiger partial charge in [0.25, 0.3) is 0 Å². The average Bonchev–Trinajstić information content (AvgIpc) is 3.50. The molecular formula is C72H48N2. The fourth-order valence-electron chi connectivity index (χ4n) is 11.4. The molecule has 0 fully saturated rings. The lowest BCUT2D eigenvalue weighted by atomic mass is 9.92. The van der Waals surface area contributed by atoms with Crippen molar-refractivity contribution in [1.29, 1.82) is 0 Å². The van der Waals surface area contributed by atoms with E-state index in [1.54, 1.807) is 0 Å². The maximum absolute atomic E-state index is 2.37. The topological polar surface area (TPSA) is 6.48 Å². The molecule has 0 heterocycles. The van der Waals surface area contributed by atoms with Crippen LogP contribution in [0.5, 0.6) is 0 Å². The summed E-state index contributed by atoms with van der Waals surface area (Å²) >= 11 is 0. The molecule has 0 saturated heterocycles. The minimum Gasteiger partial charge on any atom is -0.311 e. The van der Waals surface area contributed by atoms with Crippen LogP contribution in [-0.2, 0) is 0 Å². The van der Waals surface area contributed by atoms with Gasteiger partial charge in [-0.25, -0.2) is 0 Å². The molecule has 14 aromatic carbocycles. The molecule has 2 heteroatoms. The quantitative estimate of drug-likeness (QED) is 0.133. The van der Waals surface area contributed by atoms with E-state index in [1.807, 2.05) is 0 Å². The number of rotatable bonds is 9. The first-order valence-corrected chi connectivity index (χ1v) is 25.5. The van der Waals surface area contributed by atoms with E-state index in [0.717, 1.165) is 45.3 Å². The van der Waals surface area contributed by atoms with E-state index in [0.29, 0.717) is 0 Å². The van der Waals surface area contributed by atoms with E-state index >= 15 is 0 Å². The van der Waals surface area contributed by atoms with Crippen molar-refractivity contribution in [2.75, 3.05) is 9.80 Å². The highest BCUT2D eigenvalue weighted by atomic mass is 15.1. The Hall–Kier alpha value is -9.76. The van der Waals surface area contributed by atoms with Crippen LogP contribution in [0.3, 0.4) is 0 Å². The summed E-state index contributed by atoms with van der Waals surface area (Å²) in [6.45, 7) is 0. The van der Waals surface area contributed by atoms with E-state index in [-0.39, 0.29) is 0 Å². The smallest absolute Gasteiger partial charge is 0.0462 e. The largest absolute Gasteiger partial charge is 0.311 e. The molecule has 0 atom stereocenters. The average molecular weight is 941 g/mol. The Morgan fingerprint density at radius 1 is 0.135 bits per heavy atom. The zero-order chi connectivity index (χ0) is 49.0. The Labute approximate surface area is 430 Å². The number of para-hydroxylation sites is 2. The Morgan fingerprint density at radius 3 is 0.595 bits per heavy atom. The van der Waals surface area contributed by atoms with Gasteiger partial charge in [0.15, 0.2) is 0 Å². The second kappa shape index (κ2) is 18.1. The molecule has 0 unspecified atom stereocenters. The van der Waals surface area contributed by atoms with Gasteiger partial charge in [0, 0.05) is 34.1 Å². The summed E-state index contributed by atoms with van der Waals surface area (Å²) in [5, 5.41) is 15.4. The summed E-state index contributed by atoms with van der Waals surface area (Å²) in [5.41, 5.74) is 13.7. The van der Waals surface area contributed by atoms with Gasteiger partial charge >= 0.3 is 0 Å². The summed E-state index contributed by atoms with van der Waals surface area (Å²) in [4.78, 5) is 4.67. The van der Waals surface area contributed by atoms with Crippen LogP contribution in [-0.4, -0.2) is 0 Å². The van der Waals surface area contributed by atoms with Crippen molar-refractivity contribution in [3.05, 3.63) is 291 Å². The third kappa shape index (κ3) is 7.52. The first kappa shape index (κ1) is 43.1. The summed E-state index contributed by atoms with van der Waals surface area (Å²) in [7, 11) is 0. The molecule has 74 heavy (non-hydrogen) atoms. The normalized spacial score (nSPS) is 11.5. The fourth-order valence-corrected chi connectivity index (χ4v) is 11.4. The standard InChI is InChI=1S/C72H48N2/c1-3-15-55(16-4-1)73(59-41-31-51(32-42-59)53-35-45-69-65-23-9-7-19-61(65)63-21-11-13-25-67(63)71(69)47-53)57-37-27-49(28-38-57)50-29-39-58(40-30-50)74(56-17-5-2-6-18-56)60-43-33-52(34-44-60)54-36-46-70-66-24-10-8-20-62(66)64-22-12-14-26-68(64)72(70)48-54/h1-48H. The Kier molecular flexibility index (Phi) is 10.6. The molecule has 346 valence electrons. The number of nitrogens with zero attached hydrogens (tertiary/aromatic N) is 2. The lowest BCUT2D eigenvalue weighted by molar-refractivity contribution is 1.28. The van der Waals surface area contributed by atoms with Gasteiger partial charge in [0.2, 0.25) is 0 Å². The summed E-state index contributed by atoms with van der Waals surface area (Å²) in [5.74, 6) is 0. The van der Waals surface area contributed by atoms with Gasteiger partial charge in [-0.1, -0.05) is 206 Å². The Morgan fingerprint density at radius 2 is 0.324 bits per heavy atom. The molecule has 0 saturated carbocycles. The van der Waals surface area contributed by atoms with Crippen LogP contribution < -0.4 is 9.80 Å². The van der Waals surface area contributed by atoms with Crippen molar-refractivity contribution in [2.24, 2.45) is 0 Å². The number of anilines is 6. The Bertz CT molecular complexity index is 4020. The van der Waals surface area contributed by atoms with Crippen LogP contribution in [0, 0.1) is 0 Å². The van der Waals surface area contributed by atoms with Crippen LogP contribution in [0.25, 0.3) is 98.0 Å². The predicted molar refractivity (Wildman–Crippen MR) is 317 cm³/mol. The van der Waals surface area contributed by atoms with Crippen molar-refractivity contribution >= 4 is 98.8 Å². The number of hydrogen-bond acceptors (Lipinski definition) is 2. The van der Waals surface area contributed by atoms with E-state index < -0.39 is 0 Å². The van der Waals surface area contributed by atoms with E-state index in [4.69, 9.17) is 0 Å². The molecule has 2 nitrogen and oxygen atoms in total. The molecule has 0 aromatic heterocycles. The molecule has 0 aliphatic rings. The molecule has 0 radical (unpaired) electrons. The minimum atomic E-state index is 1.10. The monoisotopic (exact) mass is 940 g/mol. The number of fused-ring (bicyclic) bond motifs is 12. The highest BCUT2D eigenvalue weighted by Gasteiger charge is 2.17. The molecule has 0 aliphatic carbocycles. The summed E-state index contributed by atoms with van der Waals surface area (Å²) in [6.07, 6.45) is 0. The van der Waals surface area contributed by atoms with Gasteiger partial charge in [-0.2, -0.15) is 0 Å². The fraction of sp³-hybridized carbons (Fsp3) is 0. The SMILES string of the molecule is c1ccc(N(c2ccc(-c3ccc(N(c4ccccc4)c4ccc(-c5ccc6c7ccccc7c7ccccc7c6c5)cc4)cc3)cc2)c2ccc(-c3ccc4c5ccccc5c5ccccc5c4c3)cc2)cc1. The number of benzene rings is 14. The van der Waals surface area contributed by atoms with Crippen molar-refractivity contribution in [2.45, 2.75) is 0 Å². The molecule has 0 N–H and O–H groups in total. The molecule has 0 amide bonds. The first-order chi connectivity index (χ1) is 36.7. The molecule has 0 bridgehead atoms. The molecule has 14 rings (SSSR count). The van der Waals surface area contributed by atoms with Gasteiger partial charge in [-0.3, -0.25) is 0 Å². The molecule has 0 spiro atoms. The van der Waals surface area contributed by atoms with E-state index in [2.05, 4.69) is 301 Å². The number of hydrogen-bond donors (Lipinski definition) is 0. The third-order valence-electron chi connectivity index (χ3n) is 15.0. The highest BCUT2D eigenvalue weighted by Crippen LogP contribution is 2.42. The van der Waals surface area contributed by atoms with Crippen molar-refractivity contribution in [3.8, 4) is 33.4 Å². The minimum absolute atomic E-state index is 1.10. The van der Waals surface area contributed by atoms with Crippen molar-refractivity contribution < 1.29 is 0 Å². The van der Waals surface area contributed by atoms with Crippen molar-refractivity contribution in [1.82, 2.24) is 0 Å². The zero-order valence-corrected chi connectivity index (χ0v) is 40.6. The van der Waals surface area contributed by atoms with Gasteiger partial charge in [0.1, 0.15) is 0 Å². The third-order valence-corrected chi connectivity index (χ3v) is 15.0. The van der Waals surface area contributed by atoms with Crippen LogP contribution in [0.2, 0.25) is 0 Å². The van der Waals surface area contributed by atoms with Crippen molar-refractivity contribution in [3.63, 3.8) is 0 Å². The van der Waals surface area contributed by atoms with Crippen LogP contribution >= 0.6 is 0 Å². The van der Waals surface area contributed by atoms with E-state index in [1.165, 1.54) is 86.9 Å². The highest BCUT2D eigenvalue weighted by molar-refractivity contribution is 6.27. The summed E-state index contributed by atoms with van der Waals surface area (Å²) in [6, 6.07) is 106.